The summed E-state index contributed by atoms with van der Waals surface area (Å²) in [5, 5.41) is 3.03. The first kappa shape index (κ1) is 19.8. The molecule has 3 rings (SSSR count). The van der Waals surface area contributed by atoms with Crippen LogP contribution >= 0.6 is 0 Å². The van der Waals surface area contributed by atoms with Gasteiger partial charge >= 0.3 is 0 Å². The lowest BCUT2D eigenvalue weighted by Gasteiger charge is -2.33. The molecule has 1 N–H and O–H groups in total. The van der Waals surface area contributed by atoms with Crippen molar-refractivity contribution in [3.05, 3.63) is 71.3 Å². The maximum atomic E-state index is 12.4. The van der Waals surface area contributed by atoms with Crippen molar-refractivity contribution >= 4 is 23.6 Å². The van der Waals surface area contributed by atoms with Gasteiger partial charge in [0, 0.05) is 37.9 Å². The number of benzene rings is 2. The third-order valence-corrected chi connectivity index (χ3v) is 5.01. The van der Waals surface area contributed by atoms with Crippen LogP contribution in [0.2, 0.25) is 0 Å². The molecule has 0 aliphatic carbocycles. The number of rotatable bonds is 5. The maximum absolute atomic E-state index is 12.4. The highest BCUT2D eigenvalue weighted by Crippen LogP contribution is 2.19. The number of piperazine rings is 1. The second-order valence-electron chi connectivity index (χ2n) is 7.16. The first-order valence-electron chi connectivity index (χ1n) is 9.63. The van der Waals surface area contributed by atoms with Crippen LogP contribution in [0.5, 0.6) is 0 Å². The van der Waals surface area contributed by atoms with Gasteiger partial charge in [-0.2, -0.15) is 0 Å². The number of anilines is 1. The molecule has 2 amide bonds. The van der Waals surface area contributed by atoms with E-state index >= 15 is 0 Å². The molecule has 5 nitrogen and oxygen atoms in total. The summed E-state index contributed by atoms with van der Waals surface area (Å²) in [4.78, 5) is 28.7. The second-order valence-corrected chi connectivity index (χ2v) is 7.16. The van der Waals surface area contributed by atoms with Crippen molar-refractivity contribution in [1.29, 1.82) is 0 Å². The van der Waals surface area contributed by atoms with Gasteiger partial charge in [0.15, 0.2) is 0 Å². The van der Waals surface area contributed by atoms with E-state index in [4.69, 9.17) is 0 Å². The summed E-state index contributed by atoms with van der Waals surface area (Å²) >= 11 is 0. The number of amides is 2. The number of carbonyl (C=O) groups excluding carboxylic acids is 2. The SMILES string of the molecule is Cc1cccc(C)c1NC(=O)CN1CCN(C(=O)/C=C/c2ccccc2)CC1. The van der Waals surface area contributed by atoms with Gasteiger partial charge in [-0.05, 0) is 36.6 Å². The highest BCUT2D eigenvalue weighted by Gasteiger charge is 2.21. The first-order valence-corrected chi connectivity index (χ1v) is 9.63. The third-order valence-electron chi connectivity index (χ3n) is 5.01. The third kappa shape index (κ3) is 5.30. The van der Waals surface area contributed by atoms with E-state index in [0.717, 1.165) is 22.4 Å². The number of nitrogens with one attached hydrogen (secondary N) is 1. The summed E-state index contributed by atoms with van der Waals surface area (Å²) < 4.78 is 0. The molecule has 2 aromatic carbocycles. The van der Waals surface area contributed by atoms with Crippen molar-refractivity contribution in [2.24, 2.45) is 0 Å². The van der Waals surface area contributed by atoms with Gasteiger partial charge in [-0.25, -0.2) is 0 Å². The van der Waals surface area contributed by atoms with E-state index in [-0.39, 0.29) is 11.8 Å². The fourth-order valence-corrected chi connectivity index (χ4v) is 3.36. The van der Waals surface area contributed by atoms with Crippen molar-refractivity contribution in [2.75, 3.05) is 38.0 Å². The van der Waals surface area contributed by atoms with E-state index in [0.29, 0.717) is 32.7 Å². The molecule has 1 aliphatic rings. The predicted octanol–water partition coefficient (Wildman–Crippen LogP) is 3.10. The number of para-hydroxylation sites is 1. The van der Waals surface area contributed by atoms with Gasteiger partial charge in [0.05, 0.1) is 6.54 Å². The number of carbonyl (C=O) groups is 2. The predicted molar refractivity (Wildman–Crippen MR) is 113 cm³/mol. The lowest BCUT2D eigenvalue weighted by atomic mass is 10.1. The van der Waals surface area contributed by atoms with Crippen molar-refractivity contribution in [3.63, 3.8) is 0 Å². The normalized spacial score (nSPS) is 15.0. The largest absolute Gasteiger partial charge is 0.337 e. The highest BCUT2D eigenvalue weighted by molar-refractivity contribution is 5.94. The lowest BCUT2D eigenvalue weighted by Crippen LogP contribution is -2.50. The maximum Gasteiger partial charge on any atom is 0.246 e. The Morgan fingerprint density at radius 3 is 2.21 bits per heavy atom. The Morgan fingerprint density at radius 1 is 0.929 bits per heavy atom. The summed E-state index contributed by atoms with van der Waals surface area (Å²) in [5.74, 6) is 0.00430. The van der Waals surface area contributed by atoms with E-state index in [9.17, 15) is 9.59 Å². The topological polar surface area (TPSA) is 52.7 Å². The molecule has 0 spiro atoms. The van der Waals surface area contributed by atoms with Crippen LogP contribution < -0.4 is 5.32 Å². The molecular formula is C23H27N3O2. The average molecular weight is 377 g/mol. The zero-order valence-corrected chi connectivity index (χ0v) is 16.5. The minimum Gasteiger partial charge on any atom is -0.337 e. The van der Waals surface area contributed by atoms with Crippen LogP contribution in [0, 0.1) is 13.8 Å². The second kappa shape index (κ2) is 9.33. The van der Waals surface area contributed by atoms with E-state index < -0.39 is 0 Å². The molecule has 0 atom stereocenters. The molecular weight excluding hydrogens is 350 g/mol. The number of hydrogen-bond acceptors (Lipinski definition) is 3. The minimum absolute atomic E-state index is 0.0128. The molecule has 1 aliphatic heterocycles. The fourth-order valence-electron chi connectivity index (χ4n) is 3.36. The molecule has 1 fully saturated rings. The molecule has 146 valence electrons. The van der Waals surface area contributed by atoms with Crippen LogP contribution in [-0.4, -0.2) is 54.3 Å². The number of nitrogens with zero attached hydrogens (tertiary/aromatic N) is 2. The van der Waals surface area contributed by atoms with Crippen molar-refractivity contribution in [1.82, 2.24) is 9.80 Å². The molecule has 0 saturated carbocycles. The Hall–Kier alpha value is -2.92. The molecule has 0 radical (unpaired) electrons. The fraction of sp³-hybridized carbons (Fsp3) is 0.304. The summed E-state index contributed by atoms with van der Waals surface area (Å²) in [6.45, 7) is 7.00. The zero-order valence-electron chi connectivity index (χ0n) is 16.5. The molecule has 0 aromatic heterocycles. The van der Waals surface area contributed by atoms with Gasteiger partial charge in [0.1, 0.15) is 0 Å². The monoisotopic (exact) mass is 377 g/mol. The quantitative estimate of drug-likeness (QED) is 0.815. The van der Waals surface area contributed by atoms with Gasteiger partial charge in [-0.3, -0.25) is 14.5 Å². The average Bonchev–Trinajstić information content (AvgIpc) is 2.70. The van der Waals surface area contributed by atoms with Gasteiger partial charge in [0.25, 0.3) is 0 Å². The molecule has 1 heterocycles. The van der Waals surface area contributed by atoms with Crippen LogP contribution in [0.15, 0.2) is 54.6 Å². The Kier molecular flexibility index (Phi) is 6.61. The molecule has 28 heavy (non-hydrogen) atoms. The van der Waals surface area contributed by atoms with E-state index in [1.807, 2.05) is 73.4 Å². The van der Waals surface area contributed by atoms with Crippen LogP contribution in [0.25, 0.3) is 6.08 Å². The van der Waals surface area contributed by atoms with Crippen LogP contribution in [0.1, 0.15) is 16.7 Å². The highest BCUT2D eigenvalue weighted by atomic mass is 16.2. The van der Waals surface area contributed by atoms with Crippen molar-refractivity contribution in [2.45, 2.75) is 13.8 Å². The zero-order chi connectivity index (χ0) is 19.9. The van der Waals surface area contributed by atoms with Crippen molar-refractivity contribution < 1.29 is 9.59 Å². The number of hydrogen-bond donors (Lipinski definition) is 1. The standard InChI is InChI=1S/C23H27N3O2/c1-18-7-6-8-19(2)23(18)24-21(27)17-25-13-15-26(16-14-25)22(28)12-11-20-9-4-3-5-10-20/h3-12H,13-17H2,1-2H3,(H,24,27)/b12-11+. The lowest BCUT2D eigenvalue weighted by molar-refractivity contribution is -0.127. The van der Waals surface area contributed by atoms with Gasteiger partial charge in [-0.15, -0.1) is 0 Å². The van der Waals surface area contributed by atoms with Gasteiger partial charge < -0.3 is 10.2 Å². The van der Waals surface area contributed by atoms with E-state index in [2.05, 4.69) is 10.2 Å². The Bertz CT molecular complexity index is 833. The van der Waals surface area contributed by atoms with E-state index in [1.165, 1.54) is 0 Å². The summed E-state index contributed by atoms with van der Waals surface area (Å²) in [6, 6.07) is 15.8. The minimum atomic E-state index is -0.0128. The Balaban J connectivity index is 1.46. The smallest absolute Gasteiger partial charge is 0.246 e. The molecule has 2 aromatic rings. The summed E-state index contributed by atoms with van der Waals surface area (Å²) in [6.07, 6.45) is 3.46. The van der Waals surface area contributed by atoms with Gasteiger partial charge in [0.2, 0.25) is 11.8 Å². The summed E-state index contributed by atoms with van der Waals surface area (Å²) in [7, 11) is 0. The number of aryl methyl sites for hydroxylation is 2. The Morgan fingerprint density at radius 2 is 1.57 bits per heavy atom. The molecule has 0 bridgehead atoms. The Labute approximate surface area is 166 Å². The van der Waals surface area contributed by atoms with Gasteiger partial charge in [-0.1, -0.05) is 48.5 Å². The molecule has 5 heteroatoms. The van der Waals surface area contributed by atoms with Crippen LogP contribution in [0.3, 0.4) is 0 Å². The summed E-state index contributed by atoms with van der Waals surface area (Å²) in [5.41, 5.74) is 4.04. The van der Waals surface area contributed by atoms with Crippen molar-refractivity contribution in [3.8, 4) is 0 Å². The van der Waals surface area contributed by atoms with E-state index in [1.54, 1.807) is 6.08 Å². The first-order chi connectivity index (χ1) is 13.5. The van der Waals surface area contributed by atoms with Crippen LogP contribution in [0.4, 0.5) is 5.69 Å². The molecule has 1 saturated heterocycles. The van der Waals surface area contributed by atoms with Crippen LogP contribution in [-0.2, 0) is 9.59 Å². The molecule has 0 unspecified atom stereocenters.